The summed E-state index contributed by atoms with van der Waals surface area (Å²) in [6.07, 6.45) is 0.567. The van der Waals surface area contributed by atoms with Crippen molar-refractivity contribution in [3.63, 3.8) is 0 Å². The maximum absolute atomic E-state index is 11.4. The number of ether oxygens (including phenoxy) is 3. The molecule has 6 heteroatoms. The zero-order valence-corrected chi connectivity index (χ0v) is 13.9. The topological polar surface area (TPSA) is 68.8 Å². The predicted octanol–water partition coefficient (Wildman–Crippen LogP) is 0.949. The van der Waals surface area contributed by atoms with Crippen LogP contribution in [-0.4, -0.2) is 64.2 Å². The summed E-state index contributed by atoms with van der Waals surface area (Å²) in [7, 11) is 0. The Morgan fingerprint density at radius 2 is 1.57 bits per heavy atom. The van der Waals surface area contributed by atoms with E-state index in [0.29, 0.717) is 52.0 Å². The van der Waals surface area contributed by atoms with Crippen molar-refractivity contribution >= 4 is 5.91 Å². The van der Waals surface area contributed by atoms with Crippen molar-refractivity contribution in [2.45, 2.75) is 46.3 Å². The standard InChI is InChI=1S/C15H32N2O4/c1-13(2)16-6-9-20-12-11-19-8-5-15(18)17-7-10-21-14(3)4/h13-14,16H,5-12H2,1-4H3,(H,17,18). The molecule has 0 aromatic rings. The van der Waals surface area contributed by atoms with Crippen LogP contribution < -0.4 is 10.6 Å². The first-order chi connectivity index (χ1) is 10.0. The van der Waals surface area contributed by atoms with E-state index in [-0.39, 0.29) is 12.0 Å². The Morgan fingerprint density at radius 3 is 2.19 bits per heavy atom. The molecule has 21 heavy (non-hydrogen) atoms. The van der Waals surface area contributed by atoms with Gasteiger partial charge in [-0.05, 0) is 13.8 Å². The molecular formula is C15H32N2O4. The molecular weight excluding hydrogens is 272 g/mol. The highest BCUT2D eigenvalue weighted by Crippen LogP contribution is 1.87. The van der Waals surface area contributed by atoms with E-state index in [4.69, 9.17) is 14.2 Å². The third-order valence-corrected chi connectivity index (χ3v) is 2.52. The van der Waals surface area contributed by atoms with Gasteiger partial charge in [-0.1, -0.05) is 13.8 Å². The van der Waals surface area contributed by atoms with Crippen LogP contribution in [0.5, 0.6) is 0 Å². The van der Waals surface area contributed by atoms with Crippen molar-refractivity contribution in [2.24, 2.45) is 0 Å². The van der Waals surface area contributed by atoms with Gasteiger partial charge in [0.2, 0.25) is 5.91 Å². The summed E-state index contributed by atoms with van der Waals surface area (Å²) >= 11 is 0. The molecule has 0 fully saturated rings. The van der Waals surface area contributed by atoms with E-state index in [0.717, 1.165) is 6.54 Å². The summed E-state index contributed by atoms with van der Waals surface area (Å²) in [5.41, 5.74) is 0. The highest BCUT2D eigenvalue weighted by atomic mass is 16.5. The van der Waals surface area contributed by atoms with E-state index < -0.39 is 0 Å². The third-order valence-electron chi connectivity index (χ3n) is 2.52. The summed E-state index contributed by atoms with van der Waals surface area (Å²) in [5.74, 6) is -0.00981. The molecule has 2 N–H and O–H groups in total. The van der Waals surface area contributed by atoms with Gasteiger partial charge in [0.15, 0.2) is 0 Å². The molecule has 0 heterocycles. The zero-order chi connectivity index (χ0) is 15.9. The van der Waals surface area contributed by atoms with Crippen LogP contribution in [0.2, 0.25) is 0 Å². The van der Waals surface area contributed by atoms with Gasteiger partial charge in [0.05, 0.1) is 39.1 Å². The summed E-state index contributed by atoms with van der Waals surface area (Å²) in [4.78, 5) is 11.4. The lowest BCUT2D eigenvalue weighted by molar-refractivity contribution is -0.122. The smallest absolute Gasteiger partial charge is 0.222 e. The van der Waals surface area contributed by atoms with Crippen LogP contribution in [0.4, 0.5) is 0 Å². The van der Waals surface area contributed by atoms with Gasteiger partial charge in [-0.15, -0.1) is 0 Å². The first kappa shape index (κ1) is 20.3. The zero-order valence-electron chi connectivity index (χ0n) is 13.9. The highest BCUT2D eigenvalue weighted by Gasteiger charge is 2.01. The minimum atomic E-state index is -0.00981. The number of carbonyl (C=O) groups excluding carboxylic acids is 1. The average molecular weight is 304 g/mol. The second-order valence-electron chi connectivity index (χ2n) is 5.35. The van der Waals surface area contributed by atoms with Crippen molar-refractivity contribution in [2.75, 3.05) is 46.1 Å². The molecule has 0 aliphatic heterocycles. The van der Waals surface area contributed by atoms with Crippen LogP contribution >= 0.6 is 0 Å². The van der Waals surface area contributed by atoms with E-state index >= 15 is 0 Å². The van der Waals surface area contributed by atoms with Gasteiger partial charge >= 0.3 is 0 Å². The Kier molecular flexibility index (Phi) is 13.8. The molecule has 0 aliphatic carbocycles. The lowest BCUT2D eigenvalue weighted by Gasteiger charge is -2.10. The fraction of sp³-hybridized carbons (Fsp3) is 0.933. The van der Waals surface area contributed by atoms with Gasteiger partial charge in [0, 0.05) is 25.6 Å². The number of nitrogens with one attached hydrogen (secondary N) is 2. The Bertz CT molecular complexity index is 248. The largest absolute Gasteiger partial charge is 0.379 e. The maximum Gasteiger partial charge on any atom is 0.222 e. The minimum Gasteiger partial charge on any atom is -0.379 e. The van der Waals surface area contributed by atoms with Crippen molar-refractivity contribution in [3.8, 4) is 0 Å². The van der Waals surface area contributed by atoms with Crippen LogP contribution in [0.15, 0.2) is 0 Å². The Balaban J connectivity index is 3.18. The molecule has 0 atom stereocenters. The van der Waals surface area contributed by atoms with Crippen molar-refractivity contribution in [1.82, 2.24) is 10.6 Å². The van der Waals surface area contributed by atoms with Gasteiger partial charge in [-0.3, -0.25) is 4.79 Å². The van der Waals surface area contributed by atoms with Crippen LogP contribution in [0.1, 0.15) is 34.1 Å². The Labute approximate surface area is 128 Å². The molecule has 0 saturated heterocycles. The van der Waals surface area contributed by atoms with E-state index in [1.165, 1.54) is 0 Å². The first-order valence-electron chi connectivity index (χ1n) is 7.79. The fourth-order valence-electron chi connectivity index (χ4n) is 1.48. The normalized spacial score (nSPS) is 11.3. The summed E-state index contributed by atoms with van der Waals surface area (Å²) in [6.45, 7) is 12.3. The van der Waals surface area contributed by atoms with Crippen LogP contribution in [0, 0.1) is 0 Å². The molecule has 0 radical (unpaired) electrons. The van der Waals surface area contributed by atoms with Gasteiger partial charge < -0.3 is 24.8 Å². The number of hydrogen-bond acceptors (Lipinski definition) is 5. The van der Waals surface area contributed by atoms with E-state index in [1.807, 2.05) is 13.8 Å². The van der Waals surface area contributed by atoms with Crippen molar-refractivity contribution < 1.29 is 19.0 Å². The lowest BCUT2D eigenvalue weighted by atomic mass is 10.4. The lowest BCUT2D eigenvalue weighted by Crippen LogP contribution is -2.29. The molecule has 0 bridgehead atoms. The van der Waals surface area contributed by atoms with E-state index in [9.17, 15) is 4.79 Å². The molecule has 0 unspecified atom stereocenters. The minimum absolute atomic E-state index is 0.00981. The molecule has 0 aromatic carbocycles. The second kappa shape index (κ2) is 14.3. The Hall–Kier alpha value is -0.690. The van der Waals surface area contributed by atoms with Crippen LogP contribution in [0.25, 0.3) is 0 Å². The van der Waals surface area contributed by atoms with Gasteiger partial charge in [0.25, 0.3) is 0 Å². The molecule has 0 spiro atoms. The van der Waals surface area contributed by atoms with Crippen molar-refractivity contribution in [3.05, 3.63) is 0 Å². The van der Waals surface area contributed by atoms with Crippen LogP contribution in [-0.2, 0) is 19.0 Å². The molecule has 0 saturated carbocycles. The SMILES string of the molecule is CC(C)NCCOCCOCCC(=O)NCCOC(C)C. The molecule has 126 valence electrons. The molecule has 0 aliphatic rings. The number of hydrogen-bond donors (Lipinski definition) is 2. The Morgan fingerprint density at radius 1 is 0.905 bits per heavy atom. The quantitative estimate of drug-likeness (QED) is 0.468. The summed E-state index contributed by atoms with van der Waals surface area (Å²) in [6, 6.07) is 0.481. The van der Waals surface area contributed by atoms with Gasteiger partial charge in [0.1, 0.15) is 0 Å². The van der Waals surface area contributed by atoms with E-state index in [2.05, 4.69) is 24.5 Å². The van der Waals surface area contributed by atoms with Crippen LogP contribution in [0.3, 0.4) is 0 Å². The maximum atomic E-state index is 11.4. The third kappa shape index (κ3) is 17.3. The molecule has 0 aromatic heterocycles. The average Bonchev–Trinajstić information content (AvgIpc) is 2.41. The fourth-order valence-corrected chi connectivity index (χ4v) is 1.48. The predicted molar refractivity (Wildman–Crippen MR) is 83.5 cm³/mol. The highest BCUT2D eigenvalue weighted by molar-refractivity contribution is 5.75. The van der Waals surface area contributed by atoms with Crippen molar-refractivity contribution in [1.29, 1.82) is 0 Å². The molecule has 0 rings (SSSR count). The number of rotatable bonds is 14. The monoisotopic (exact) mass is 304 g/mol. The van der Waals surface area contributed by atoms with Gasteiger partial charge in [-0.25, -0.2) is 0 Å². The van der Waals surface area contributed by atoms with E-state index in [1.54, 1.807) is 0 Å². The molecule has 1 amide bonds. The summed E-state index contributed by atoms with van der Waals surface area (Å²) < 4.78 is 16.1. The molecule has 6 nitrogen and oxygen atoms in total. The van der Waals surface area contributed by atoms with Gasteiger partial charge in [-0.2, -0.15) is 0 Å². The second-order valence-corrected chi connectivity index (χ2v) is 5.35. The number of carbonyl (C=O) groups is 1. The first-order valence-corrected chi connectivity index (χ1v) is 7.79. The number of amides is 1. The summed E-state index contributed by atoms with van der Waals surface area (Å²) in [5, 5.41) is 6.05.